The summed E-state index contributed by atoms with van der Waals surface area (Å²) in [7, 11) is 0. The molecule has 0 amide bonds. The van der Waals surface area contributed by atoms with Crippen LogP contribution in [0.5, 0.6) is 0 Å². The van der Waals surface area contributed by atoms with E-state index in [9.17, 15) is 4.79 Å². The summed E-state index contributed by atoms with van der Waals surface area (Å²) in [5, 5.41) is 8.89. The molecule has 0 saturated heterocycles. The number of carboxylic acids is 1. The van der Waals surface area contributed by atoms with Crippen molar-refractivity contribution in [2.24, 2.45) is 0 Å². The minimum atomic E-state index is -0.740. The molecule has 1 atom stereocenters. The normalized spacial score (nSPS) is 11.9. The smallest absolute Gasteiger partial charge is 0.303 e. The Morgan fingerprint density at radius 1 is 1.31 bits per heavy atom. The van der Waals surface area contributed by atoms with Crippen molar-refractivity contribution in [1.82, 2.24) is 0 Å². The van der Waals surface area contributed by atoms with E-state index in [1.54, 1.807) is 0 Å². The predicted molar refractivity (Wildman–Crippen MR) is 65.5 cm³/mol. The maximum absolute atomic E-state index is 10.8. The molecular formula is C14H18O2. The van der Waals surface area contributed by atoms with Crippen molar-refractivity contribution < 1.29 is 9.90 Å². The van der Waals surface area contributed by atoms with Crippen molar-refractivity contribution in [3.05, 3.63) is 47.5 Å². The van der Waals surface area contributed by atoms with E-state index in [1.165, 1.54) is 5.57 Å². The molecule has 0 aliphatic carbocycles. The number of hydrogen-bond acceptors (Lipinski definition) is 1. The SMILES string of the molecule is CC(C)=CCC(CC(=O)O)c1ccccc1. The van der Waals surface area contributed by atoms with Gasteiger partial charge in [0.05, 0.1) is 6.42 Å². The Labute approximate surface area is 96.6 Å². The summed E-state index contributed by atoms with van der Waals surface area (Å²) < 4.78 is 0. The molecule has 0 aliphatic heterocycles. The van der Waals surface area contributed by atoms with Gasteiger partial charge in [-0.1, -0.05) is 42.0 Å². The third-order valence-electron chi connectivity index (χ3n) is 2.50. The Morgan fingerprint density at radius 2 is 1.94 bits per heavy atom. The van der Waals surface area contributed by atoms with E-state index in [0.29, 0.717) is 0 Å². The van der Waals surface area contributed by atoms with Gasteiger partial charge in [0.1, 0.15) is 0 Å². The van der Waals surface area contributed by atoms with Crippen LogP contribution >= 0.6 is 0 Å². The summed E-state index contributed by atoms with van der Waals surface area (Å²) in [6, 6.07) is 9.83. The highest BCUT2D eigenvalue weighted by Gasteiger charge is 2.13. The molecule has 1 aromatic carbocycles. The van der Waals surface area contributed by atoms with Crippen LogP contribution in [0.25, 0.3) is 0 Å². The van der Waals surface area contributed by atoms with Crippen LogP contribution in [0, 0.1) is 0 Å². The number of aliphatic carboxylic acids is 1. The molecule has 0 aliphatic rings. The van der Waals surface area contributed by atoms with Crippen LogP contribution in [0.15, 0.2) is 42.0 Å². The molecule has 1 unspecified atom stereocenters. The van der Waals surface area contributed by atoms with Gasteiger partial charge in [-0.05, 0) is 31.7 Å². The molecular weight excluding hydrogens is 200 g/mol. The molecule has 0 heterocycles. The molecule has 16 heavy (non-hydrogen) atoms. The highest BCUT2D eigenvalue weighted by atomic mass is 16.4. The van der Waals surface area contributed by atoms with Crippen LogP contribution in [0.3, 0.4) is 0 Å². The molecule has 0 radical (unpaired) electrons. The maximum atomic E-state index is 10.8. The lowest BCUT2D eigenvalue weighted by molar-refractivity contribution is -0.137. The van der Waals surface area contributed by atoms with Crippen LogP contribution in [-0.4, -0.2) is 11.1 Å². The third kappa shape index (κ3) is 4.30. The Bertz CT molecular complexity index is 362. The molecule has 0 saturated carbocycles. The van der Waals surface area contributed by atoms with Crippen LogP contribution in [0.2, 0.25) is 0 Å². The number of rotatable bonds is 5. The van der Waals surface area contributed by atoms with Crippen molar-refractivity contribution in [2.45, 2.75) is 32.6 Å². The Hall–Kier alpha value is -1.57. The van der Waals surface area contributed by atoms with Gasteiger partial charge in [0.2, 0.25) is 0 Å². The lowest BCUT2D eigenvalue weighted by Crippen LogP contribution is -2.05. The van der Waals surface area contributed by atoms with E-state index in [4.69, 9.17) is 5.11 Å². The lowest BCUT2D eigenvalue weighted by atomic mass is 9.92. The van der Waals surface area contributed by atoms with Gasteiger partial charge in [-0.15, -0.1) is 0 Å². The van der Waals surface area contributed by atoms with Gasteiger partial charge in [0.15, 0.2) is 0 Å². The zero-order valence-corrected chi connectivity index (χ0v) is 9.81. The average Bonchev–Trinajstić information content (AvgIpc) is 2.25. The first-order chi connectivity index (χ1) is 7.59. The fourth-order valence-electron chi connectivity index (χ4n) is 1.65. The molecule has 2 heteroatoms. The zero-order chi connectivity index (χ0) is 12.0. The standard InChI is InChI=1S/C14H18O2/c1-11(2)8-9-13(10-14(15)16)12-6-4-3-5-7-12/h3-8,13H,9-10H2,1-2H3,(H,15,16). The Morgan fingerprint density at radius 3 is 2.44 bits per heavy atom. The maximum Gasteiger partial charge on any atom is 0.303 e. The first-order valence-corrected chi connectivity index (χ1v) is 5.49. The predicted octanol–water partition coefficient (Wildman–Crippen LogP) is 3.60. The van der Waals surface area contributed by atoms with E-state index in [0.717, 1.165) is 12.0 Å². The van der Waals surface area contributed by atoms with Crippen LogP contribution in [0.4, 0.5) is 0 Å². The van der Waals surface area contributed by atoms with Crippen molar-refractivity contribution in [3.8, 4) is 0 Å². The van der Waals surface area contributed by atoms with E-state index in [2.05, 4.69) is 6.08 Å². The minimum absolute atomic E-state index is 0.0774. The molecule has 0 fully saturated rings. The highest BCUT2D eigenvalue weighted by Crippen LogP contribution is 2.24. The summed E-state index contributed by atoms with van der Waals surface area (Å²) in [5.74, 6) is -0.662. The van der Waals surface area contributed by atoms with Gasteiger partial charge in [-0.2, -0.15) is 0 Å². The van der Waals surface area contributed by atoms with Gasteiger partial charge in [0.25, 0.3) is 0 Å². The molecule has 1 rings (SSSR count). The summed E-state index contributed by atoms with van der Waals surface area (Å²) in [6.45, 7) is 4.06. The molecule has 0 aromatic heterocycles. The molecule has 86 valence electrons. The van der Waals surface area contributed by atoms with Crippen molar-refractivity contribution in [3.63, 3.8) is 0 Å². The second kappa shape index (κ2) is 6.11. The fraction of sp³-hybridized carbons (Fsp3) is 0.357. The monoisotopic (exact) mass is 218 g/mol. The summed E-state index contributed by atoms with van der Waals surface area (Å²) in [4.78, 5) is 10.8. The van der Waals surface area contributed by atoms with E-state index < -0.39 is 5.97 Å². The van der Waals surface area contributed by atoms with E-state index in [1.807, 2.05) is 44.2 Å². The largest absolute Gasteiger partial charge is 0.481 e. The Balaban J connectivity index is 2.79. The quantitative estimate of drug-likeness (QED) is 0.767. The van der Waals surface area contributed by atoms with Gasteiger partial charge < -0.3 is 5.11 Å². The fourth-order valence-corrected chi connectivity index (χ4v) is 1.65. The van der Waals surface area contributed by atoms with Gasteiger partial charge in [-0.25, -0.2) is 0 Å². The number of carboxylic acid groups (broad SMARTS) is 1. The lowest BCUT2D eigenvalue weighted by Gasteiger charge is -2.13. The van der Waals surface area contributed by atoms with E-state index in [-0.39, 0.29) is 12.3 Å². The number of carbonyl (C=O) groups is 1. The number of hydrogen-bond donors (Lipinski definition) is 1. The first-order valence-electron chi connectivity index (χ1n) is 5.49. The Kier molecular flexibility index (Phi) is 4.77. The molecule has 0 bridgehead atoms. The summed E-state index contributed by atoms with van der Waals surface area (Å²) >= 11 is 0. The zero-order valence-electron chi connectivity index (χ0n) is 9.81. The van der Waals surface area contributed by atoms with Crippen LogP contribution in [0.1, 0.15) is 38.2 Å². The number of benzene rings is 1. The topological polar surface area (TPSA) is 37.3 Å². The molecule has 1 N–H and O–H groups in total. The van der Waals surface area contributed by atoms with Gasteiger partial charge >= 0.3 is 5.97 Å². The van der Waals surface area contributed by atoms with E-state index >= 15 is 0 Å². The molecule has 1 aromatic rings. The molecule has 0 spiro atoms. The molecule has 2 nitrogen and oxygen atoms in total. The average molecular weight is 218 g/mol. The first kappa shape index (κ1) is 12.5. The van der Waals surface area contributed by atoms with Crippen molar-refractivity contribution >= 4 is 5.97 Å². The van der Waals surface area contributed by atoms with Crippen LogP contribution in [-0.2, 0) is 4.79 Å². The van der Waals surface area contributed by atoms with Crippen molar-refractivity contribution in [1.29, 1.82) is 0 Å². The number of allylic oxidation sites excluding steroid dienone is 2. The van der Waals surface area contributed by atoms with Gasteiger partial charge in [-0.3, -0.25) is 4.79 Å². The third-order valence-corrected chi connectivity index (χ3v) is 2.50. The van der Waals surface area contributed by atoms with Gasteiger partial charge in [0, 0.05) is 0 Å². The van der Waals surface area contributed by atoms with Crippen LogP contribution < -0.4 is 0 Å². The summed E-state index contributed by atoms with van der Waals surface area (Å²) in [6.07, 6.45) is 3.08. The second-order valence-electron chi connectivity index (χ2n) is 4.22. The highest BCUT2D eigenvalue weighted by molar-refractivity contribution is 5.68. The minimum Gasteiger partial charge on any atom is -0.481 e. The second-order valence-corrected chi connectivity index (χ2v) is 4.22. The summed E-state index contributed by atoms with van der Waals surface area (Å²) in [5.41, 5.74) is 2.33. The van der Waals surface area contributed by atoms with Crippen molar-refractivity contribution in [2.75, 3.05) is 0 Å².